The topological polar surface area (TPSA) is 116 Å². The molecule has 2 unspecified atom stereocenters. The van der Waals surface area contributed by atoms with Crippen molar-refractivity contribution >= 4 is 30.4 Å². The number of nitrogens with one attached hydrogen (secondary N) is 2. The SMILES string of the molecule is CC(C)C(S)C(=O)NC(C(=O)N[C@@H](Cc1ccc(O)cc1)C(=O)O)C(C)C. The van der Waals surface area contributed by atoms with E-state index in [1.807, 2.05) is 13.8 Å². The lowest BCUT2D eigenvalue weighted by Crippen LogP contribution is -2.55. The van der Waals surface area contributed by atoms with Gasteiger partial charge in [-0.3, -0.25) is 9.59 Å². The minimum Gasteiger partial charge on any atom is -0.508 e. The van der Waals surface area contributed by atoms with Crippen LogP contribution < -0.4 is 10.6 Å². The summed E-state index contributed by atoms with van der Waals surface area (Å²) in [6, 6.07) is 4.06. The second kappa shape index (κ2) is 10.2. The van der Waals surface area contributed by atoms with Gasteiger partial charge in [-0.2, -0.15) is 12.6 Å². The molecule has 0 spiro atoms. The number of amides is 2. The first-order valence-corrected chi connectivity index (χ1v) is 9.34. The summed E-state index contributed by atoms with van der Waals surface area (Å²) in [4.78, 5) is 36.4. The van der Waals surface area contributed by atoms with Gasteiger partial charge in [-0.05, 0) is 29.5 Å². The number of hydrogen-bond acceptors (Lipinski definition) is 5. The zero-order valence-electron chi connectivity index (χ0n) is 16.0. The highest BCUT2D eigenvalue weighted by Gasteiger charge is 2.30. The fourth-order valence-corrected chi connectivity index (χ4v) is 2.48. The Kier molecular flexibility index (Phi) is 8.62. The lowest BCUT2D eigenvalue weighted by molar-refractivity contribution is -0.142. The maximum absolute atomic E-state index is 12.6. The van der Waals surface area contributed by atoms with E-state index in [-0.39, 0.29) is 29.9 Å². The van der Waals surface area contributed by atoms with Crippen LogP contribution in [0.25, 0.3) is 0 Å². The fourth-order valence-electron chi connectivity index (χ4n) is 2.41. The predicted octanol–water partition coefficient (Wildman–Crippen LogP) is 1.60. The first-order chi connectivity index (χ1) is 12.5. The monoisotopic (exact) mass is 396 g/mol. The molecular weight excluding hydrogens is 368 g/mol. The molecular formula is C19H28N2O5S. The lowest BCUT2D eigenvalue weighted by Gasteiger charge is -2.26. The number of aromatic hydroxyl groups is 1. The maximum Gasteiger partial charge on any atom is 0.326 e. The van der Waals surface area contributed by atoms with Crippen LogP contribution in [0.15, 0.2) is 24.3 Å². The van der Waals surface area contributed by atoms with Gasteiger partial charge in [0.25, 0.3) is 0 Å². The summed E-state index contributed by atoms with van der Waals surface area (Å²) in [6.07, 6.45) is 0.0568. The molecule has 0 heterocycles. The van der Waals surface area contributed by atoms with E-state index in [0.29, 0.717) is 5.56 Å². The van der Waals surface area contributed by atoms with Crippen LogP contribution in [0.3, 0.4) is 0 Å². The van der Waals surface area contributed by atoms with Crippen LogP contribution in [0.2, 0.25) is 0 Å². The quantitative estimate of drug-likeness (QED) is 0.407. The third-order valence-electron chi connectivity index (χ3n) is 4.14. The zero-order chi connectivity index (χ0) is 20.7. The molecule has 0 radical (unpaired) electrons. The summed E-state index contributed by atoms with van der Waals surface area (Å²) in [5.41, 5.74) is 0.654. The Morgan fingerprint density at radius 1 is 0.963 bits per heavy atom. The molecule has 0 bridgehead atoms. The van der Waals surface area contributed by atoms with E-state index in [9.17, 15) is 24.6 Å². The molecule has 7 nitrogen and oxygen atoms in total. The number of rotatable bonds is 9. The van der Waals surface area contributed by atoms with Crippen LogP contribution in [0.4, 0.5) is 0 Å². The minimum atomic E-state index is -1.18. The van der Waals surface area contributed by atoms with Crippen LogP contribution in [0, 0.1) is 11.8 Å². The van der Waals surface area contributed by atoms with Crippen molar-refractivity contribution in [1.82, 2.24) is 10.6 Å². The van der Waals surface area contributed by atoms with E-state index < -0.39 is 29.2 Å². The van der Waals surface area contributed by atoms with Crippen LogP contribution in [-0.4, -0.2) is 45.3 Å². The molecule has 1 rings (SSSR count). The Morgan fingerprint density at radius 2 is 1.52 bits per heavy atom. The number of hydrogen-bond donors (Lipinski definition) is 5. The number of phenols is 1. The molecule has 0 aliphatic heterocycles. The Balaban J connectivity index is 2.85. The Morgan fingerprint density at radius 3 is 1.96 bits per heavy atom. The average Bonchev–Trinajstić information content (AvgIpc) is 2.59. The van der Waals surface area contributed by atoms with Gasteiger partial charge in [0.1, 0.15) is 17.8 Å². The van der Waals surface area contributed by atoms with Gasteiger partial charge in [0.05, 0.1) is 5.25 Å². The molecule has 1 aromatic rings. The molecule has 4 N–H and O–H groups in total. The summed E-state index contributed by atoms with van der Waals surface area (Å²) < 4.78 is 0. The highest BCUT2D eigenvalue weighted by molar-refractivity contribution is 7.81. The van der Waals surface area contributed by atoms with E-state index in [0.717, 1.165) is 0 Å². The van der Waals surface area contributed by atoms with E-state index in [4.69, 9.17) is 0 Å². The number of phenolic OH excluding ortho intramolecular Hbond substituents is 1. The largest absolute Gasteiger partial charge is 0.508 e. The molecule has 1 aromatic carbocycles. The van der Waals surface area contributed by atoms with E-state index in [1.54, 1.807) is 26.0 Å². The molecule has 0 saturated heterocycles. The highest BCUT2D eigenvalue weighted by Crippen LogP contribution is 2.13. The Hall–Kier alpha value is -2.22. The molecule has 0 fully saturated rings. The highest BCUT2D eigenvalue weighted by atomic mass is 32.1. The van der Waals surface area contributed by atoms with Crippen LogP contribution >= 0.6 is 12.6 Å². The summed E-state index contributed by atoms with van der Waals surface area (Å²) in [7, 11) is 0. The van der Waals surface area contributed by atoms with Crippen molar-refractivity contribution in [2.75, 3.05) is 0 Å². The van der Waals surface area contributed by atoms with Crippen molar-refractivity contribution in [1.29, 1.82) is 0 Å². The zero-order valence-corrected chi connectivity index (χ0v) is 16.9. The number of carboxylic acid groups (broad SMARTS) is 1. The smallest absolute Gasteiger partial charge is 0.326 e. The van der Waals surface area contributed by atoms with Crippen LogP contribution in [0.5, 0.6) is 5.75 Å². The van der Waals surface area contributed by atoms with Gasteiger partial charge in [-0.15, -0.1) is 0 Å². The predicted molar refractivity (Wildman–Crippen MR) is 106 cm³/mol. The van der Waals surface area contributed by atoms with Crippen molar-refractivity contribution in [3.8, 4) is 5.75 Å². The fraction of sp³-hybridized carbons (Fsp3) is 0.526. The first kappa shape index (κ1) is 22.8. The summed E-state index contributed by atoms with van der Waals surface area (Å²) >= 11 is 4.25. The number of aliphatic carboxylic acids is 1. The summed E-state index contributed by atoms with van der Waals surface area (Å²) in [6.45, 7) is 7.23. The van der Waals surface area contributed by atoms with Gasteiger partial charge in [-0.1, -0.05) is 39.8 Å². The molecule has 0 saturated carbocycles. The van der Waals surface area contributed by atoms with E-state index in [2.05, 4.69) is 23.3 Å². The molecule has 8 heteroatoms. The van der Waals surface area contributed by atoms with E-state index >= 15 is 0 Å². The Bertz CT molecular complexity index is 661. The Labute approximate surface area is 165 Å². The normalized spacial score (nSPS) is 14.5. The van der Waals surface area contributed by atoms with E-state index in [1.165, 1.54) is 12.1 Å². The minimum absolute atomic E-state index is 0.00882. The van der Waals surface area contributed by atoms with Gasteiger partial charge >= 0.3 is 5.97 Å². The number of thiol groups is 1. The van der Waals surface area contributed by atoms with Gasteiger partial charge in [0, 0.05) is 6.42 Å². The number of benzene rings is 1. The maximum atomic E-state index is 12.6. The van der Waals surface area contributed by atoms with Crippen molar-refractivity contribution in [2.24, 2.45) is 11.8 Å². The second-order valence-corrected chi connectivity index (χ2v) is 7.75. The molecule has 0 aliphatic rings. The van der Waals surface area contributed by atoms with Crippen LogP contribution in [0.1, 0.15) is 33.3 Å². The molecule has 0 aromatic heterocycles. The number of carbonyl (C=O) groups is 3. The number of carboxylic acids is 1. The summed E-state index contributed by atoms with van der Waals surface area (Å²) in [5.74, 6) is -2.28. The first-order valence-electron chi connectivity index (χ1n) is 8.82. The average molecular weight is 397 g/mol. The van der Waals surface area contributed by atoms with Gasteiger partial charge in [0.2, 0.25) is 11.8 Å². The molecule has 2 amide bonds. The van der Waals surface area contributed by atoms with Crippen molar-refractivity contribution < 1.29 is 24.6 Å². The standard InChI is InChI=1S/C19H28N2O5S/c1-10(2)15(21-18(24)16(27)11(3)4)17(23)20-14(19(25)26)9-12-5-7-13(22)8-6-12/h5-8,10-11,14-16,22,27H,9H2,1-4H3,(H,20,23)(H,21,24)(H,25,26)/t14-,15?,16?/m0/s1. The van der Waals surface area contributed by atoms with Crippen molar-refractivity contribution in [2.45, 2.75) is 51.4 Å². The molecule has 150 valence electrons. The molecule has 0 aliphatic carbocycles. The van der Waals surface area contributed by atoms with Crippen molar-refractivity contribution in [3.63, 3.8) is 0 Å². The third-order valence-corrected chi connectivity index (χ3v) is 4.97. The van der Waals surface area contributed by atoms with Crippen LogP contribution in [-0.2, 0) is 20.8 Å². The van der Waals surface area contributed by atoms with Crippen molar-refractivity contribution in [3.05, 3.63) is 29.8 Å². The third kappa shape index (κ3) is 7.13. The molecule has 27 heavy (non-hydrogen) atoms. The second-order valence-electron chi connectivity index (χ2n) is 7.19. The molecule has 3 atom stereocenters. The summed E-state index contributed by atoms with van der Waals surface area (Å²) in [5, 5.41) is 23.3. The van der Waals surface area contributed by atoms with Gasteiger partial charge < -0.3 is 20.8 Å². The van der Waals surface area contributed by atoms with Gasteiger partial charge in [0.15, 0.2) is 0 Å². The lowest BCUT2D eigenvalue weighted by atomic mass is 10.0. The number of carbonyl (C=O) groups excluding carboxylic acids is 2. The van der Waals surface area contributed by atoms with Gasteiger partial charge in [-0.25, -0.2) is 4.79 Å².